The number of carbonyl (C=O) groups is 2. The van der Waals surface area contributed by atoms with E-state index in [9.17, 15) is 14.0 Å². The molecule has 2 amide bonds. The topological polar surface area (TPSA) is 67.2 Å². The van der Waals surface area contributed by atoms with E-state index in [0.717, 1.165) is 23.2 Å². The van der Waals surface area contributed by atoms with E-state index in [2.05, 4.69) is 11.1 Å². The van der Waals surface area contributed by atoms with Crippen molar-refractivity contribution < 1.29 is 18.7 Å². The third kappa shape index (κ3) is 5.22. The predicted octanol–water partition coefficient (Wildman–Crippen LogP) is 5.74. The molecule has 1 aliphatic heterocycles. The molecule has 1 unspecified atom stereocenters. The van der Waals surface area contributed by atoms with Gasteiger partial charge in [0.25, 0.3) is 5.91 Å². The zero-order valence-corrected chi connectivity index (χ0v) is 21.9. The molecule has 3 heterocycles. The minimum absolute atomic E-state index is 0.0180. The van der Waals surface area contributed by atoms with Crippen LogP contribution in [0.15, 0.2) is 42.9 Å². The van der Waals surface area contributed by atoms with Crippen LogP contribution in [0, 0.1) is 5.82 Å². The Bertz CT molecular complexity index is 1280. The van der Waals surface area contributed by atoms with Crippen LogP contribution in [-0.4, -0.2) is 62.5 Å². The van der Waals surface area contributed by atoms with Crippen LogP contribution >= 0.6 is 0 Å². The van der Waals surface area contributed by atoms with Crippen molar-refractivity contribution in [3.05, 3.63) is 59.8 Å². The third-order valence-electron chi connectivity index (χ3n) is 6.57. The molecule has 1 aliphatic rings. The molecule has 8 heteroatoms. The molecule has 192 valence electrons. The number of hydrogen-bond donors (Lipinski definition) is 0. The number of likely N-dealkylation sites (tertiary alicyclic amines) is 1. The van der Waals surface area contributed by atoms with Gasteiger partial charge in [-0.3, -0.25) is 9.20 Å². The van der Waals surface area contributed by atoms with E-state index in [-0.39, 0.29) is 24.0 Å². The van der Waals surface area contributed by atoms with Gasteiger partial charge < -0.3 is 14.5 Å². The Balaban J connectivity index is 1.74. The minimum Gasteiger partial charge on any atom is -0.444 e. The lowest BCUT2D eigenvalue weighted by atomic mass is 9.94. The molecule has 1 saturated heterocycles. The summed E-state index contributed by atoms with van der Waals surface area (Å²) in [4.78, 5) is 33.9. The van der Waals surface area contributed by atoms with E-state index in [1.165, 1.54) is 12.1 Å². The standard InChI is InChI=1S/C28H35FN4O3/c1-7-32(18(2)3)26(34)24-14-21(29)8-9-23(24)25-13-20(12-22-15-30-17-33(22)25)19-10-11-31(16-19)27(35)36-28(4,5)6/h8-9,12-15,17-19H,7,10-11,16H2,1-6H3. The van der Waals surface area contributed by atoms with Gasteiger partial charge in [-0.05, 0) is 83.9 Å². The third-order valence-corrected chi connectivity index (χ3v) is 6.57. The van der Waals surface area contributed by atoms with Gasteiger partial charge in [-0.25, -0.2) is 14.2 Å². The van der Waals surface area contributed by atoms with Crippen molar-refractivity contribution in [3.8, 4) is 11.3 Å². The Kier molecular flexibility index (Phi) is 7.07. The molecule has 0 spiro atoms. The van der Waals surface area contributed by atoms with Gasteiger partial charge in [0, 0.05) is 37.2 Å². The van der Waals surface area contributed by atoms with Gasteiger partial charge in [0.15, 0.2) is 0 Å². The largest absolute Gasteiger partial charge is 0.444 e. The van der Waals surface area contributed by atoms with Crippen molar-refractivity contribution in [2.45, 2.75) is 65.5 Å². The van der Waals surface area contributed by atoms with Gasteiger partial charge in [-0.15, -0.1) is 0 Å². The fourth-order valence-corrected chi connectivity index (χ4v) is 4.84. The van der Waals surface area contributed by atoms with E-state index in [1.807, 2.05) is 52.0 Å². The smallest absolute Gasteiger partial charge is 0.410 e. The van der Waals surface area contributed by atoms with Crippen molar-refractivity contribution in [3.63, 3.8) is 0 Å². The number of pyridine rings is 1. The second-order valence-corrected chi connectivity index (χ2v) is 10.6. The van der Waals surface area contributed by atoms with Gasteiger partial charge in [0.1, 0.15) is 11.4 Å². The van der Waals surface area contributed by atoms with Gasteiger partial charge in [0.05, 0.1) is 29.3 Å². The molecule has 1 aromatic carbocycles. The van der Waals surface area contributed by atoms with E-state index in [0.29, 0.717) is 30.8 Å². The molecule has 7 nitrogen and oxygen atoms in total. The monoisotopic (exact) mass is 494 g/mol. The summed E-state index contributed by atoms with van der Waals surface area (Å²) in [5.74, 6) is -0.556. The highest BCUT2D eigenvalue weighted by Gasteiger charge is 2.31. The molecule has 0 aliphatic carbocycles. The zero-order chi connectivity index (χ0) is 26.2. The summed E-state index contributed by atoms with van der Waals surface area (Å²) in [6, 6.07) is 8.45. The number of amides is 2. The van der Waals surface area contributed by atoms with Crippen LogP contribution in [0.5, 0.6) is 0 Å². The van der Waals surface area contributed by atoms with Crippen LogP contribution in [-0.2, 0) is 4.74 Å². The molecule has 1 fully saturated rings. The maximum atomic E-state index is 14.4. The number of rotatable bonds is 5. The first-order valence-electron chi connectivity index (χ1n) is 12.5. The lowest BCUT2D eigenvalue weighted by Crippen LogP contribution is -2.37. The molecule has 0 radical (unpaired) electrons. The average molecular weight is 495 g/mol. The highest BCUT2D eigenvalue weighted by Crippen LogP contribution is 2.34. The van der Waals surface area contributed by atoms with Crippen LogP contribution in [0.3, 0.4) is 0 Å². The molecule has 0 saturated carbocycles. The molecule has 36 heavy (non-hydrogen) atoms. The van der Waals surface area contributed by atoms with Crippen molar-refractivity contribution in [1.29, 1.82) is 0 Å². The predicted molar refractivity (Wildman–Crippen MR) is 138 cm³/mol. The summed E-state index contributed by atoms with van der Waals surface area (Å²) in [6.45, 7) is 13.1. The summed E-state index contributed by atoms with van der Waals surface area (Å²) < 4.78 is 21.8. The number of fused-ring (bicyclic) bond motifs is 1. The van der Waals surface area contributed by atoms with E-state index >= 15 is 0 Å². The quantitative estimate of drug-likeness (QED) is 0.454. The van der Waals surface area contributed by atoms with Crippen LogP contribution in [0.1, 0.15) is 69.8 Å². The van der Waals surface area contributed by atoms with Crippen LogP contribution in [0.4, 0.5) is 9.18 Å². The molecule has 3 aromatic rings. The molecule has 2 aromatic heterocycles. The average Bonchev–Trinajstić information content (AvgIpc) is 3.47. The molecular weight excluding hydrogens is 459 g/mol. The number of carbonyl (C=O) groups excluding carboxylic acids is 2. The van der Waals surface area contributed by atoms with Crippen molar-refractivity contribution in [1.82, 2.24) is 19.2 Å². The highest BCUT2D eigenvalue weighted by molar-refractivity contribution is 6.01. The minimum atomic E-state index is -0.549. The summed E-state index contributed by atoms with van der Waals surface area (Å²) in [5, 5.41) is 0. The van der Waals surface area contributed by atoms with Gasteiger partial charge in [0.2, 0.25) is 0 Å². The van der Waals surface area contributed by atoms with E-state index in [1.54, 1.807) is 28.4 Å². The number of halogens is 1. The summed E-state index contributed by atoms with van der Waals surface area (Å²) in [7, 11) is 0. The Hall–Kier alpha value is -3.42. The number of nitrogens with zero attached hydrogens (tertiary/aromatic N) is 4. The SMILES string of the molecule is CCN(C(=O)c1cc(F)ccc1-c1cc(C2CCN(C(=O)OC(C)(C)C)C2)cc2cncn12)C(C)C. The number of imidazole rings is 1. The van der Waals surface area contributed by atoms with Crippen molar-refractivity contribution in [2.75, 3.05) is 19.6 Å². The van der Waals surface area contributed by atoms with Gasteiger partial charge in [-0.2, -0.15) is 0 Å². The first-order chi connectivity index (χ1) is 17.0. The lowest BCUT2D eigenvalue weighted by Gasteiger charge is -2.26. The fraction of sp³-hybridized carbons (Fsp3) is 0.464. The molecule has 0 bridgehead atoms. The number of ether oxygens (including phenoxy) is 1. The molecular formula is C28H35FN4O3. The summed E-state index contributed by atoms with van der Waals surface area (Å²) in [5.41, 5.74) is 3.10. The van der Waals surface area contributed by atoms with Crippen LogP contribution < -0.4 is 0 Å². The number of hydrogen-bond acceptors (Lipinski definition) is 4. The highest BCUT2D eigenvalue weighted by atomic mass is 19.1. The maximum absolute atomic E-state index is 14.4. The molecule has 0 N–H and O–H groups in total. The summed E-state index contributed by atoms with van der Waals surface area (Å²) in [6.07, 6.45) is 3.96. The number of aromatic nitrogens is 2. The van der Waals surface area contributed by atoms with Crippen LogP contribution in [0.2, 0.25) is 0 Å². The first kappa shape index (κ1) is 25.7. The van der Waals surface area contributed by atoms with Crippen molar-refractivity contribution >= 4 is 17.5 Å². The Morgan fingerprint density at radius 2 is 1.97 bits per heavy atom. The van der Waals surface area contributed by atoms with Crippen molar-refractivity contribution in [2.24, 2.45) is 0 Å². The van der Waals surface area contributed by atoms with Gasteiger partial charge in [-0.1, -0.05) is 0 Å². The van der Waals surface area contributed by atoms with E-state index in [4.69, 9.17) is 4.74 Å². The first-order valence-corrected chi connectivity index (χ1v) is 12.5. The van der Waals surface area contributed by atoms with E-state index < -0.39 is 11.4 Å². The Morgan fingerprint density at radius 3 is 2.64 bits per heavy atom. The fourth-order valence-electron chi connectivity index (χ4n) is 4.84. The molecule has 4 rings (SSSR count). The Morgan fingerprint density at radius 1 is 1.22 bits per heavy atom. The van der Waals surface area contributed by atoms with Gasteiger partial charge >= 0.3 is 6.09 Å². The normalized spacial score (nSPS) is 16.1. The maximum Gasteiger partial charge on any atom is 0.410 e. The van der Waals surface area contributed by atoms with Crippen LogP contribution in [0.25, 0.3) is 16.8 Å². The second-order valence-electron chi connectivity index (χ2n) is 10.6. The lowest BCUT2D eigenvalue weighted by molar-refractivity contribution is 0.0292. The summed E-state index contributed by atoms with van der Waals surface area (Å²) >= 11 is 0. The molecule has 1 atom stereocenters. The zero-order valence-electron chi connectivity index (χ0n) is 21.9. The second kappa shape index (κ2) is 9.91. The Labute approximate surface area is 211 Å². The number of benzene rings is 1.